The van der Waals surface area contributed by atoms with Gasteiger partial charge < -0.3 is 0 Å². The van der Waals surface area contributed by atoms with Crippen molar-refractivity contribution in [1.29, 1.82) is 0 Å². The summed E-state index contributed by atoms with van der Waals surface area (Å²) in [6.07, 6.45) is 9.26. The third-order valence-corrected chi connectivity index (χ3v) is 4.01. The zero-order chi connectivity index (χ0) is 18.2. The molecule has 1 aromatic heterocycles. The molecule has 0 aliphatic heterocycles. The highest BCUT2D eigenvalue weighted by Gasteiger charge is 2.11. The molecule has 0 radical (unpaired) electrons. The maximum Gasteiger partial charge on any atom is 0.132 e. The van der Waals surface area contributed by atoms with Crippen LogP contribution in [-0.4, -0.2) is 15.5 Å². The van der Waals surface area contributed by atoms with Crippen LogP contribution in [0.15, 0.2) is 66.8 Å². The van der Waals surface area contributed by atoms with Gasteiger partial charge in [0.25, 0.3) is 0 Å². The Bertz CT molecular complexity index is 812. The fourth-order valence-electron chi connectivity index (χ4n) is 2.61. The highest BCUT2D eigenvalue weighted by molar-refractivity contribution is 6.48. The zero-order valence-electron chi connectivity index (χ0n) is 14.9. The highest BCUT2D eigenvalue weighted by atomic mass is 35.5. The number of rotatable bonds is 8. The number of aromatic nitrogens is 2. The van der Waals surface area contributed by atoms with Crippen molar-refractivity contribution in [3.05, 3.63) is 84.2 Å². The van der Waals surface area contributed by atoms with Gasteiger partial charge in [-0.1, -0.05) is 74.0 Å². The van der Waals surface area contributed by atoms with Crippen LogP contribution < -0.4 is 0 Å². The largest absolute Gasteiger partial charge is 0.261 e. The minimum Gasteiger partial charge on any atom is -0.261 e. The molecule has 0 bridgehead atoms. The molecule has 2 aromatic rings. The summed E-state index contributed by atoms with van der Waals surface area (Å²) in [5.41, 5.74) is 5.14. The molecule has 4 heteroatoms. The third kappa shape index (κ3) is 5.04. The summed E-state index contributed by atoms with van der Waals surface area (Å²) in [6, 6.07) is 8.28. The van der Waals surface area contributed by atoms with Gasteiger partial charge in [0.1, 0.15) is 6.67 Å². The molecule has 0 saturated carbocycles. The number of allylic oxidation sites excluding steroid dienone is 3. The lowest BCUT2D eigenvalue weighted by Crippen LogP contribution is -2.07. The van der Waals surface area contributed by atoms with Gasteiger partial charge in [-0.15, -0.1) is 0 Å². The summed E-state index contributed by atoms with van der Waals surface area (Å²) in [6.45, 7) is 12.2. The Balaban J connectivity index is 2.37. The molecular weight excluding hydrogens is 330 g/mol. The molecule has 1 heterocycles. The predicted molar refractivity (Wildman–Crippen MR) is 108 cm³/mol. The van der Waals surface area contributed by atoms with Crippen LogP contribution in [0, 0.1) is 6.92 Å². The number of hydrogen-bond acceptors (Lipinski definition) is 2. The Hall–Kier alpha value is -2.39. The Labute approximate surface area is 155 Å². The molecule has 1 aromatic carbocycles. The summed E-state index contributed by atoms with van der Waals surface area (Å²) in [4.78, 5) is 4.77. The van der Waals surface area contributed by atoms with Gasteiger partial charge in [-0.3, -0.25) is 4.99 Å². The second-order valence-corrected chi connectivity index (χ2v) is 6.26. The molecule has 0 aliphatic carbocycles. The maximum absolute atomic E-state index is 6.10. The first-order valence-corrected chi connectivity index (χ1v) is 8.74. The number of benzene rings is 1. The third-order valence-electron chi connectivity index (χ3n) is 3.81. The molecule has 3 nitrogen and oxygen atoms in total. The normalized spacial score (nSPS) is 11.9. The van der Waals surface area contributed by atoms with E-state index in [1.807, 2.05) is 22.9 Å². The number of aryl methyl sites for hydroxylation is 1. The maximum atomic E-state index is 6.10. The Morgan fingerprint density at radius 3 is 2.84 bits per heavy atom. The number of hydrogen-bond donors (Lipinski definition) is 0. The number of aliphatic imine (C=N–C) groups is 1. The van der Waals surface area contributed by atoms with Crippen molar-refractivity contribution in [3.63, 3.8) is 0 Å². The topological polar surface area (TPSA) is 30.2 Å². The van der Waals surface area contributed by atoms with Gasteiger partial charge in [0, 0.05) is 16.3 Å². The molecule has 0 atom stereocenters. The van der Waals surface area contributed by atoms with Gasteiger partial charge in [0.2, 0.25) is 0 Å². The quantitative estimate of drug-likeness (QED) is 0.452. The Kier molecular flexibility index (Phi) is 6.96. The molecule has 0 fully saturated rings. The molecule has 0 aliphatic rings. The van der Waals surface area contributed by atoms with Gasteiger partial charge in [-0.2, -0.15) is 5.10 Å². The smallest absolute Gasteiger partial charge is 0.132 e. The van der Waals surface area contributed by atoms with Crippen LogP contribution >= 0.6 is 11.6 Å². The van der Waals surface area contributed by atoms with Crippen LogP contribution in [0.2, 0.25) is 0 Å². The minimum absolute atomic E-state index is 0.435. The first-order valence-electron chi connectivity index (χ1n) is 8.36. The molecular formula is C21H24ClN3. The van der Waals surface area contributed by atoms with E-state index in [-0.39, 0.29) is 0 Å². The van der Waals surface area contributed by atoms with Gasteiger partial charge >= 0.3 is 0 Å². The summed E-state index contributed by atoms with van der Waals surface area (Å²) in [5.74, 6) is 0. The van der Waals surface area contributed by atoms with Crippen molar-refractivity contribution in [2.24, 2.45) is 4.99 Å². The lowest BCUT2D eigenvalue weighted by atomic mass is 10.1. The molecule has 130 valence electrons. The lowest BCUT2D eigenvalue weighted by Gasteiger charge is -2.08. The zero-order valence-corrected chi connectivity index (χ0v) is 15.6. The number of nitrogens with zero attached hydrogens (tertiary/aromatic N) is 3. The van der Waals surface area contributed by atoms with Gasteiger partial charge in [0.15, 0.2) is 0 Å². The van der Waals surface area contributed by atoms with E-state index in [2.05, 4.69) is 50.3 Å². The highest BCUT2D eigenvalue weighted by Crippen LogP contribution is 2.22. The van der Waals surface area contributed by atoms with Crippen molar-refractivity contribution in [3.8, 4) is 0 Å². The molecule has 0 spiro atoms. The Morgan fingerprint density at radius 2 is 2.20 bits per heavy atom. The standard InChI is InChI=1S/C21H24ClN3/c1-5-7-12-20(18-11-8-10-16(3)13-18)23-15-25-21(9-6-2)19(14-24-25)17(4)22/h5,7-8,10-14H,1,4,6,9,15H2,2-3H3/b12-7-,23-20+. The molecule has 0 unspecified atom stereocenters. The van der Waals surface area contributed by atoms with Crippen LogP contribution in [0.1, 0.15) is 35.7 Å². The van der Waals surface area contributed by atoms with E-state index in [0.717, 1.165) is 35.4 Å². The molecule has 0 N–H and O–H groups in total. The van der Waals surface area contributed by atoms with Crippen LogP contribution in [0.3, 0.4) is 0 Å². The van der Waals surface area contributed by atoms with E-state index in [1.165, 1.54) is 5.56 Å². The fourth-order valence-corrected chi connectivity index (χ4v) is 2.76. The van der Waals surface area contributed by atoms with Gasteiger partial charge in [-0.25, -0.2) is 4.68 Å². The van der Waals surface area contributed by atoms with Crippen LogP contribution in [0.4, 0.5) is 0 Å². The first-order chi connectivity index (χ1) is 12.1. The molecule has 2 rings (SSSR count). The summed E-state index contributed by atoms with van der Waals surface area (Å²) >= 11 is 6.10. The van der Waals surface area contributed by atoms with E-state index in [0.29, 0.717) is 11.7 Å². The van der Waals surface area contributed by atoms with Crippen molar-refractivity contribution >= 4 is 22.3 Å². The Morgan fingerprint density at radius 1 is 1.40 bits per heavy atom. The SMILES string of the molecule is C=C/C=C\C(=N/Cn1ncc(C(=C)Cl)c1CCC)c1cccc(C)c1. The minimum atomic E-state index is 0.435. The van der Waals surface area contributed by atoms with E-state index in [4.69, 9.17) is 16.6 Å². The summed E-state index contributed by atoms with van der Waals surface area (Å²) in [7, 11) is 0. The average molecular weight is 354 g/mol. The van der Waals surface area contributed by atoms with Crippen LogP contribution in [0.5, 0.6) is 0 Å². The van der Waals surface area contributed by atoms with E-state index < -0.39 is 0 Å². The summed E-state index contributed by atoms with van der Waals surface area (Å²) < 4.78 is 1.89. The predicted octanol–water partition coefficient (Wildman–Crippen LogP) is 5.54. The molecule has 0 amide bonds. The fraction of sp³-hybridized carbons (Fsp3) is 0.238. The van der Waals surface area contributed by atoms with Crippen LogP contribution in [0.25, 0.3) is 5.03 Å². The van der Waals surface area contributed by atoms with Gasteiger partial charge in [0.05, 0.1) is 11.9 Å². The molecule has 25 heavy (non-hydrogen) atoms. The first kappa shape index (κ1) is 18.9. The van der Waals surface area contributed by atoms with E-state index in [1.54, 1.807) is 12.3 Å². The molecule has 0 saturated heterocycles. The van der Waals surface area contributed by atoms with E-state index in [9.17, 15) is 0 Å². The number of halogens is 1. The van der Waals surface area contributed by atoms with Crippen LogP contribution in [-0.2, 0) is 13.1 Å². The van der Waals surface area contributed by atoms with Crippen molar-refractivity contribution in [2.75, 3.05) is 0 Å². The van der Waals surface area contributed by atoms with Crippen molar-refractivity contribution < 1.29 is 0 Å². The van der Waals surface area contributed by atoms with Crippen molar-refractivity contribution in [2.45, 2.75) is 33.4 Å². The lowest BCUT2D eigenvalue weighted by molar-refractivity contribution is 0.600. The van der Waals surface area contributed by atoms with E-state index >= 15 is 0 Å². The second-order valence-electron chi connectivity index (χ2n) is 5.81. The average Bonchev–Trinajstić information content (AvgIpc) is 2.98. The monoisotopic (exact) mass is 353 g/mol. The summed E-state index contributed by atoms with van der Waals surface area (Å²) in [5, 5.41) is 4.96. The second kappa shape index (κ2) is 9.19. The van der Waals surface area contributed by atoms with Crippen molar-refractivity contribution in [1.82, 2.24) is 9.78 Å². The van der Waals surface area contributed by atoms with Gasteiger partial charge in [-0.05, 0) is 31.1 Å².